The number of hydrogen-bond acceptors (Lipinski definition) is 3. The van der Waals surface area contributed by atoms with Crippen LogP contribution < -0.4 is 4.74 Å². The molecule has 2 aromatic heterocycles. The fraction of sp³-hybridized carbons (Fsp3) is 0.0769. The second-order valence-electron chi connectivity index (χ2n) is 3.81. The molecule has 1 aromatic carbocycles. The van der Waals surface area contributed by atoms with E-state index in [2.05, 4.69) is 26.0 Å². The lowest BCUT2D eigenvalue weighted by atomic mass is 10.2. The molecule has 0 saturated carbocycles. The summed E-state index contributed by atoms with van der Waals surface area (Å²) in [6.45, 7) is 0. The van der Waals surface area contributed by atoms with E-state index in [-0.39, 0.29) is 0 Å². The molecule has 0 spiro atoms. The normalized spacial score (nSPS) is 10.8. The van der Waals surface area contributed by atoms with Crippen molar-refractivity contribution in [3.8, 4) is 17.1 Å². The standard InChI is InChI=1S/C13H10BrN3O/c1-18-13-7-6-12-15-11(8-17(12)16-13)9-2-4-10(14)5-3-9/h2-8H,1H3. The molecule has 0 fully saturated rings. The number of ether oxygens (including phenoxy) is 1. The molecule has 0 amide bonds. The Morgan fingerprint density at radius 3 is 2.61 bits per heavy atom. The van der Waals surface area contributed by atoms with Crippen molar-refractivity contribution in [1.29, 1.82) is 0 Å². The van der Waals surface area contributed by atoms with Crippen molar-refractivity contribution in [2.24, 2.45) is 0 Å². The summed E-state index contributed by atoms with van der Waals surface area (Å²) in [5.74, 6) is 0.572. The maximum atomic E-state index is 5.09. The van der Waals surface area contributed by atoms with Crippen LogP contribution in [0.4, 0.5) is 0 Å². The van der Waals surface area contributed by atoms with Crippen LogP contribution in [0.1, 0.15) is 0 Å². The molecule has 18 heavy (non-hydrogen) atoms. The van der Waals surface area contributed by atoms with Crippen LogP contribution in [0.2, 0.25) is 0 Å². The molecule has 0 aliphatic heterocycles. The van der Waals surface area contributed by atoms with Crippen molar-refractivity contribution in [2.75, 3.05) is 7.11 Å². The number of methoxy groups -OCH3 is 1. The highest BCUT2D eigenvalue weighted by atomic mass is 79.9. The summed E-state index contributed by atoms with van der Waals surface area (Å²) in [4.78, 5) is 4.52. The number of benzene rings is 1. The van der Waals surface area contributed by atoms with Gasteiger partial charge in [0.15, 0.2) is 5.65 Å². The van der Waals surface area contributed by atoms with Gasteiger partial charge in [0.05, 0.1) is 19.0 Å². The minimum atomic E-state index is 0.572. The quantitative estimate of drug-likeness (QED) is 0.730. The molecule has 5 heteroatoms. The second-order valence-corrected chi connectivity index (χ2v) is 4.73. The first-order valence-corrected chi connectivity index (χ1v) is 6.22. The van der Waals surface area contributed by atoms with Crippen molar-refractivity contribution in [2.45, 2.75) is 0 Å². The van der Waals surface area contributed by atoms with Gasteiger partial charge in [-0.25, -0.2) is 9.50 Å². The maximum absolute atomic E-state index is 5.09. The van der Waals surface area contributed by atoms with E-state index in [1.54, 1.807) is 17.7 Å². The van der Waals surface area contributed by atoms with Gasteiger partial charge in [-0.2, -0.15) is 0 Å². The fourth-order valence-electron chi connectivity index (χ4n) is 1.73. The summed E-state index contributed by atoms with van der Waals surface area (Å²) in [5, 5.41) is 4.28. The van der Waals surface area contributed by atoms with Crippen molar-refractivity contribution in [3.05, 3.63) is 47.1 Å². The number of nitrogens with zero attached hydrogens (tertiary/aromatic N) is 3. The van der Waals surface area contributed by atoms with Crippen LogP contribution in [-0.2, 0) is 0 Å². The number of fused-ring (bicyclic) bond motifs is 1. The predicted octanol–water partition coefficient (Wildman–Crippen LogP) is 3.17. The molecule has 0 atom stereocenters. The predicted molar refractivity (Wildman–Crippen MR) is 72.7 cm³/mol. The summed E-state index contributed by atoms with van der Waals surface area (Å²) in [6.07, 6.45) is 1.89. The van der Waals surface area contributed by atoms with Gasteiger partial charge in [-0.05, 0) is 18.2 Å². The molecule has 90 valence electrons. The maximum Gasteiger partial charge on any atom is 0.231 e. The molecular weight excluding hydrogens is 294 g/mol. The van der Waals surface area contributed by atoms with Crippen molar-refractivity contribution in [3.63, 3.8) is 0 Å². The third-order valence-corrected chi connectivity index (χ3v) is 3.17. The van der Waals surface area contributed by atoms with Gasteiger partial charge in [0.1, 0.15) is 0 Å². The molecule has 0 aliphatic rings. The first-order valence-electron chi connectivity index (χ1n) is 5.42. The van der Waals surface area contributed by atoms with Crippen LogP contribution >= 0.6 is 15.9 Å². The van der Waals surface area contributed by atoms with Crippen LogP contribution in [0.25, 0.3) is 16.9 Å². The average molecular weight is 304 g/mol. The molecule has 0 bridgehead atoms. The van der Waals surface area contributed by atoms with E-state index in [0.717, 1.165) is 21.4 Å². The lowest BCUT2D eigenvalue weighted by Crippen LogP contribution is -1.93. The number of aromatic nitrogens is 3. The smallest absolute Gasteiger partial charge is 0.231 e. The molecule has 0 aliphatic carbocycles. The van der Waals surface area contributed by atoms with Gasteiger partial charge in [0.25, 0.3) is 0 Å². The fourth-order valence-corrected chi connectivity index (χ4v) is 2.00. The van der Waals surface area contributed by atoms with Gasteiger partial charge >= 0.3 is 0 Å². The zero-order valence-corrected chi connectivity index (χ0v) is 11.3. The van der Waals surface area contributed by atoms with Crippen LogP contribution in [0.3, 0.4) is 0 Å². The average Bonchev–Trinajstić information content (AvgIpc) is 2.82. The summed E-state index contributed by atoms with van der Waals surface area (Å²) >= 11 is 3.42. The number of rotatable bonds is 2. The lowest BCUT2D eigenvalue weighted by molar-refractivity contribution is 0.390. The SMILES string of the molecule is COc1ccc2nc(-c3ccc(Br)cc3)cn2n1. The van der Waals surface area contributed by atoms with E-state index in [9.17, 15) is 0 Å². The highest BCUT2D eigenvalue weighted by Gasteiger charge is 2.05. The van der Waals surface area contributed by atoms with Crippen LogP contribution in [0, 0.1) is 0 Å². The first-order chi connectivity index (χ1) is 8.76. The van der Waals surface area contributed by atoms with Crippen LogP contribution in [-0.4, -0.2) is 21.7 Å². The summed E-state index contributed by atoms with van der Waals surface area (Å²) in [6, 6.07) is 11.7. The number of imidazole rings is 1. The zero-order chi connectivity index (χ0) is 12.5. The minimum absolute atomic E-state index is 0.572. The van der Waals surface area contributed by atoms with Gasteiger partial charge in [-0.1, -0.05) is 28.1 Å². The van der Waals surface area contributed by atoms with E-state index in [1.165, 1.54) is 0 Å². The van der Waals surface area contributed by atoms with Gasteiger partial charge in [0.2, 0.25) is 5.88 Å². The molecule has 3 aromatic rings. The van der Waals surface area contributed by atoms with E-state index < -0.39 is 0 Å². The minimum Gasteiger partial charge on any atom is -0.480 e. The largest absolute Gasteiger partial charge is 0.480 e. The Hall–Kier alpha value is -1.88. The Labute approximate surface area is 112 Å². The van der Waals surface area contributed by atoms with Crippen molar-refractivity contribution < 1.29 is 4.74 Å². The summed E-state index contributed by atoms with van der Waals surface area (Å²) < 4.78 is 7.86. The summed E-state index contributed by atoms with van der Waals surface area (Å²) in [5.41, 5.74) is 2.75. The van der Waals surface area contributed by atoms with Crippen molar-refractivity contribution in [1.82, 2.24) is 14.6 Å². The van der Waals surface area contributed by atoms with E-state index in [0.29, 0.717) is 5.88 Å². The molecule has 0 N–H and O–H groups in total. The second kappa shape index (κ2) is 4.42. The van der Waals surface area contributed by atoms with Gasteiger partial charge in [-0.3, -0.25) is 0 Å². The molecular formula is C13H10BrN3O. The van der Waals surface area contributed by atoms with Gasteiger partial charge in [-0.15, -0.1) is 5.10 Å². The first kappa shape index (κ1) is 11.2. The molecule has 0 saturated heterocycles. The summed E-state index contributed by atoms with van der Waals surface area (Å²) in [7, 11) is 1.60. The number of hydrogen-bond donors (Lipinski definition) is 0. The highest BCUT2D eigenvalue weighted by molar-refractivity contribution is 9.10. The van der Waals surface area contributed by atoms with E-state index >= 15 is 0 Å². The Kier molecular flexibility index (Phi) is 2.76. The van der Waals surface area contributed by atoms with Gasteiger partial charge < -0.3 is 4.74 Å². The third kappa shape index (κ3) is 1.97. The molecule has 0 radical (unpaired) electrons. The zero-order valence-electron chi connectivity index (χ0n) is 9.67. The number of halogens is 1. The van der Waals surface area contributed by atoms with Crippen molar-refractivity contribution >= 4 is 21.6 Å². The Balaban J connectivity index is 2.10. The molecule has 4 nitrogen and oxygen atoms in total. The molecule has 2 heterocycles. The molecule has 3 rings (SSSR count). The lowest BCUT2D eigenvalue weighted by Gasteiger charge is -1.97. The van der Waals surface area contributed by atoms with Gasteiger partial charge in [0, 0.05) is 16.1 Å². The Morgan fingerprint density at radius 1 is 1.11 bits per heavy atom. The Bertz CT molecular complexity index is 691. The molecule has 0 unspecified atom stereocenters. The monoisotopic (exact) mass is 303 g/mol. The topological polar surface area (TPSA) is 39.4 Å². The van der Waals surface area contributed by atoms with E-state index in [1.807, 2.05) is 36.5 Å². The highest BCUT2D eigenvalue weighted by Crippen LogP contribution is 2.21. The Morgan fingerprint density at radius 2 is 1.89 bits per heavy atom. The van der Waals surface area contributed by atoms with Crippen LogP contribution in [0.15, 0.2) is 47.1 Å². The third-order valence-electron chi connectivity index (χ3n) is 2.64. The van der Waals surface area contributed by atoms with E-state index in [4.69, 9.17) is 4.74 Å². The van der Waals surface area contributed by atoms with Crippen LogP contribution in [0.5, 0.6) is 5.88 Å².